The van der Waals surface area contributed by atoms with Gasteiger partial charge in [-0.3, -0.25) is 0 Å². The smallest absolute Gasteiger partial charge is 0.128 e. The lowest BCUT2D eigenvalue weighted by Crippen LogP contribution is -2.09. The van der Waals surface area contributed by atoms with E-state index in [1.54, 1.807) is 13.2 Å². The molecule has 2 rings (SSSR count). The minimum absolute atomic E-state index is 0.391. The van der Waals surface area contributed by atoms with E-state index in [1.165, 1.54) is 6.21 Å². The molecule has 0 aromatic heterocycles. The Bertz CT molecular complexity index is 581. The fourth-order valence-corrected chi connectivity index (χ4v) is 1.76. The molecule has 0 radical (unpaired) electrons. The van der Waals surface area contributed by atoms with Crippen LogP contribution in [-0.4, -0.2) is 31.7 Å². The van der Waals surface area contributed by atoms with Gasteiger partial charge < -0.3 is 19.4 Å². The van der Waals surface area contributed by atoms with Gasteiger partial charge in [-0.25, -0.2) is 0 Å². The molecule has 0 aliphatic carbocycles. The van der Waals surface area contributed by atoms with E-state index in [2.05, 4.69) is 5.16 Å². The molecule has 5 nitrogen and oxygen atoms in total. The first-order valence-electron chi connectivity index (χ1n) is 6.49. The van der Waals surface area contributed by atoms with Crippen LogP contribution in [0.3, 0.4) is 0 Å². The molecule has 0 bridgehead atoms. The Balaban J connectivity index is 1.81. The van der Waals surface area contributed by atoms with Gasteiger partial charge >= 0.3 is 0 Å². The lowest BCUT2D eigenvalue weighted by atomic mass is 10.2. The Morgan fingerprint density at radius 1 is 0.952 bits per heavy atom. The van der Waals surface area contributed by atoms with E-state index in [1.807, 2.05) is 42.5 Å². The van der Waals surface area contributed by atoms with Gasteiger partial charge in [-0.15, -0.1) is 0 Å². The second-order valence-corrected chi connectivity index (χ2v) is 4.15. The van der Waals surface area contributed by atoms with E-state index in [9.17, 15) is 0 Å². The van der Waals surface area contributed by atoms with E-state index >= 15 is 0 Å². The van der Waals surface area contributed by atoms with E-state index < -0.39 is 0 Å². The van der Waals surface area contributed by atoms with Gasteiger partial charge in [0.1, 0.15) is 30.5 Å². The molecule has 0 spiro atoms. The molecular weight excluding hydrogens is 270 g/mol. The minimum atomic E-state index is 0.391. The lowest BCUT2D eigenvalue weighted by Gasteiger charge is -2.10. The van der Waals surface area contributed by atoms with Crippen molar-refractivity contribution in [2.45, 2.75) is 0 Å². The Morgan fingerprint density at radius 3 is 2.33 bits per heavy atom. The zero-order valence-electron chi connectivity index (χ0n) is 11.7. The number of benzene rings is 2. The topological polar surface area (TPSA) is 60.3 Å². The molecule has 0 atom stereocenters. The van der Waals surface area contributed by atoms with Crippen molar-refractivity contribution in [1.82, 2.24) is 0 Å². The maximum atomic E-state index is 8.59. The molecule has 2 aromatic rings. The number of hydrogen-bond acceptors (Lipinski definition) is 5. The number of ether oxygens (including phenoxy) is 3. The van der Waals surface area contributed by atoms with Crippen molar-refractivity contribution in [2.75, 3.05) is 20.3 Å². The van der Waals surface area contributed by atoms with Crippen LogP contribution in [0.25, 0.3) is 0 Å². The Morgan fingerprint density at radius 2 is 1.62 bits per heavy atom. The van der Waals surface area contributed by atoms with E-state index in [0.717, 1.165) is 11.5 Å². The summed E-state index contributed by atoms with van der Waals surface area (Å²) in [5.74, 6) is 2.19. The first-order chi connectivity index (χ1) is 10.3. The second kappa shape index (κ2) is 7.79. The molecule has 0 amide bonds. The van der Waals surface area contributed by atoms with Gasteiger partial charge in [0, 0.05) is 5.56 Å². The van der Waals surface area contributed by atoms with Crippen molar-refractivity contribution >= 4 is 6.21 Å². The number of para-hydroxylation sites is 1. The highest BCUT2D eigenvalue weighted by Gasteiger charge is 2.01. The number of nitrogens with zero attached hydrogens (tertiary/aromatic N) is 1. The van der Waals surface area contributed by atoms with Gasteiger partial charge in [0.2, 0.25) is 0 Å². The average Bonchev–Trinajstić information content (AvgIpc) is 2.54. The molecule has 110 valence electrons. The highest BCUT2D eigenvalue weighted by Crippen LogP contribution is 2.18. The Kier molecular flexibility index (Phi) is 5.46. The number of hydrogen-bond donors (Lipinski definition) is 1. The van der Waals surface area contributed by atoms with Gasteiger partial charge in [0.15, 0.2) is 0 Å². The maximum absolute atomic E-state index is 8.59. The fourth-order valence-electron chi connectivity index (χ4n) is 1.76. The molecule has 5 heteroatoms. The average molecular weight is 287 g/mol. The monoisotopic (exact) mass is 287 g/mol. The molecule has 2 aromatic carbocycles. The summed E-state index contributed by atoms with van der Waals surface area (Å²) in [5, 5.41) is 11.6. The van der Waals surface area contributed by atoms with E-state index in [-0.39, 0.29) is 0 Å². The second-order valence-electron chi connectivity index (χ2n) is 4.15. The highest BCUT2D eigenvalue weighted by molar-refractivity contribution is 5.82. The quantitative estimate of drug-likeness (QED) is 0.368. The molecule has 0 heterocycles. The standard InChI is InChI=1S/C16H17NO4/c1-19-14-6-8-15(9-7-14)20-10-11-21-16-5-3-2-4-13(16)12-17-18/h2-9,12,18H,10-11H2,1H3/b17-12+. The first kappa shape index (κ1) is 14.7. The predicted molar refractivity (Wildman–Crippen MR) is 79.8 cm³/mol. The van der Waals surface area contributed by atoms with Gasteiger partial charge in [-0.05, 0) is 36.4 Å². The summed E-state index contributed by atoms with van der Waals surface area (Å²) < 4.78 is 16.2. The zero-order valence-corrected chi connectivity index (χ0v) is 11.7. The van der Waals surface area contributed by atoms with Crippen LogP contribution in [0.15, 0.2) is 53.7 Å². The summed E-state index contributed by atoms with van der Waals surface area (Å²) >= 11 is 0. The summed E-state index contributed by atoms with van der Waals surface area (Å²) in [6.07, 6.45) is 1.33. The van der Waals surface area contributed by atoms with Crippen molar-refractivity contribution in [3.05, 3.63) is 54.1 Å². The van der Waals surface area contributed by atoms with Crippen molar-refractivity contribution < 1.29 is 19.4 Å². The third-order valence-corrected chi connectivity index (χ3v) is 2.78. The summed E-state index contributed by atoms with van der Waals surface area (Å²) in [6.45, 7) is 0.805. The summed E-state index contributed by atoms with van der Waals surface area (Å²) in [5.41, 5.74) is 0.712. The number of methoxy groups -OCH3 is 1. The summed E-state index contributed by atoms with van der Waals surface area (Å²) in [4.78, 5) is 0. The summed E-state index contributed by atoms with van der Waals surface area (Å²) in [6, 6.07) is 14.7. The predicted octanol–water partition coefficient (Wildman–Crippen LogP) is 2.96. The van der Waals surface area contributed by atoms with Crippen LogP contribution in [0.2, 0.25) is 0 Å². The normalized spacial score (nSPS) is 10.5. The van der Waals surface area contributed by atoms with Crippen LogP contribution in [0.4, 0.5) is 0 Å². The van der Waals surface area contributed by atoms with Crippen LogP contribution < -0.4 is 14.2 Å². The molecule has 21 heavy (non-hydrogen) atoms. The van der Waals surface area contributed by atoms with Gasteiger partial charge in [-0.2, -0.15) is 0 Å². The van der Waals surface area contributed by atoms with Crippen LogP contribution in [0, 0.1) is 0 Å². The molecule has 0 fully saturated rings. The first-order valence-corrected chi connectivity index (χ1v) is 6.49. The minimum Gasteiger partial charge on any atom is -0.497 e. The largest absolute Gasteiger partial charge is 0.497 e. The zero-order chi connectivity index (χ0) is 14.9. The lowest BCUT2D eigenvalue weighted by molar-refractivity contribution is 0.216. The third-order valence-electron chi connectivity index (χ3n) is 2.78. The Labute approximate surface area is 123 Å². The van der Waals surface area contributed by atoms with E-state index in [0.29, 0.717) is 24.5 Å². The molecule has 0 aliphatic heterocycles. The highest BCUT2D eigenvalue weighted by atomic mass is 16.5. The van der Waals surface area contributed by atoms with E-state index in [4.69, 9.17) is 19.4 Å². The molecule has 1 N–H and O–H groups in total. The van der Waals surface area contributed by atoms with Gasteiger partial charge in [0.05, 0.1) is 13.3 Å². The van der Waals surface area contributed by atoms with Crippen LogP contribution in [0.5, 0.6) is 17.2 Å². The third kappa shape index (κ3) is 4.42. The van der Waals surface area contributed by atoms with Gasteiger partial charge in [-0.1, -0.05) is 17.3 Å². The van der Waals surface area contributed by atoms with Crippen molar-refractivity contribution in [3.63, 3.8) is 0 Å². The van der Waals surface area contributed by atoms with Crippen LogP contribution in [-0.2, 0) is 0 Å². The number of rotatable bonds is 7. The number of oxime groups is 1. The van der Waals surface area contributed by atoms with Crippen molar-refractivity contribution in [3.8, 4) is 17.2 Å². The van der Waals surface area contributed by atoms with Crippen molar-refractivity contribution in [1.29, 1.82) is 0 Å². The maximum Gasteiger partial charge on any atom is 0.128 e. The molecule has 0 saturated carbocycles. The molecular formula is C16H17NO4. The van der Waals surface area contributed by atoms with Crippen molar-refractivity contribution in [2.24, 2.45) is 5.16 Å². The molecule has 0 saturated heterocycles. The van der Waals surface area contributed by atoms with Crippen LogP contribution >= 0.6 is 0 Å². The summed E-state index contributed by atoms with van der Waals surface area (Å²) in [7, 11) is 1.62. The fraction of sp³-hybridized carbons (Fsp3) is 0.188. The molecule has 0 aliphatic rings. The SMILES string of the molecule is COc1ccc(OCCOc2ccccc2/C=N/O)cc1. The Hall–Kier alpha value is -2.69. The van der Waals surface area contributed by atoms with Crippen LogP contribution in [0.1, 0.15) is 5.56 Å². The molecule has 0 unspecified atom stereocenters. The van der Waals surface area contributed by atoms with Gasteiger partial charge in [0.25, 0.3) is 0 Å².